The molecule has 0 radical (unpaired) electrons. The maximum absolute atomic E-state index is 14.0. The number of piperidine rings is 1. The first-order valence-electron chi connectivity index (χ1n) is 12.8. The standard InChI is InChI=1S/C28H32N8O2/c1-17(2)11-13-35-25-24(21(14-29)26(35)34-12-7-8-19(30)15-34)33(4)28(38)36(27(25)37)16-23-31-18(3)20-9-5-6-10-22(20)32-23/h5-6,9-11,19H,7-8,12-13,15-16,30H2,1-4H3/t19-/m0/s1. The Bertz CT molecular complexity index is 1750. The minimum atomic E-state index is -0.519. The van der Waals surface area contributed by atoms with E-state index >= 15 is 0 Å². The van der Waals surface area contributed by atoms with Crippen LogP contribution in [0.25, 0.3) is 21.9 Å². The van der Waals surface area contributed by atoms with Gasteiger partial charge in [0.1, 0.15) is 28.8 Å². The zero-order valence-corrected chi connectivity index (χ0v) is 22.2. The van der Waals surface area contributed by atoms with E-state index in [0.717, 1.165) is 46.1 Å². The summed E-state index contributed by atoms with van der Waals surface area (Å²) in [7, 11) is 1.60. The number of anilines is 1. The molecule has 10 heteroatoms. The van der Waals surface area contributed by atoms with E-state index in [4.69, 9.17) is 5.73 Å². The Morgan fingerprint density at radius 1 is 1.18 bits per heavy atom. The van der Waals surface area contributed by atoms with Crippen molar-refractivity contribution in [2.24, 2.45) is 12.8 Å². The third kappa shape index (κ3) is 4.29. The van der Waals surface area contributed by atoms with E-state index < -0.39 is 11.2 Å². The molecule has 0 saturated carbocycles. The summed E-state index contributed by atoms with van der Waals surface area (Å²) < 4.78 is 4.43. The van der Waals surface area contributed by atoms with E-state index in [0.29, 0.717) is 41.3 Å². The molecule has 1 atom stereocenters. The molecule has 3 aromatic heterocycles. The first-order valence-corrected chi connectivity index (χ1v) is 12.8. The quantitative estimate of drug-likeness (QED) is 0.407. The van der Waals surface area contributed by atoms with Gasteiger partial charge >= 0.3 is 5.69 Å². The predicted molar refractivity (Wildman–Crippen MR) is 148 cm³/mol. The highest BCUT2D eigenvalue weighted by Gasteiger charge is 2.29. The molecule has 38 heavy (non-hydrogen) atoms. The van der Waals surface area contributed by atoms with E-state index in [1.54, 1.807) is 7.05 Å². The Labute approximate surface area is 220 Å². The van der Waals surface area contributed by atoms with Gasteiger partial charge in [0.05, 0.1) is 17.6 Å². The summed E-state index contributed by atoms with van der Waals surface area (Å²) in [5.41, 5.74) is 8.88. The zero-order valence-electron chi connectivity index (χ0n) is 22.2. The van der Waals surface area contributed by atoms with E-state index in [1.165, 1.54) is 4.57 Å². The fourth-order valence-electron chi connectivity index (χ4n) is 5.36. The van der Waals surface area contributed by atoms with Crippen LogP contribution in [0.4, 0.5) is 5.82 Å². The van der Waals surface area contributed by atoms with Gasteiger partial charge in [-0.05, 0) is 39.7 Å². The van der Waals surface area contributed by atoms with Crippen LogP contribution in [0.1, 0.15) is 43.8 Å². The topological polar surface area (TPSA) is 128 Å². The van der Waals surface area contributed by atoms with E-state index in [-0.39, 0.29) is 12.6 Å². The second-order valence-corrected chi connectivity index (χ2v) is 10.2. The highest BCUT2D eigenvalue weighted by Crippen LogP contribution is 2.32. The van der Waals surface area contributed by atoms with Crippen LogP contribution in [-0.2, 0) is 20.1 Å². The number of benzene rings is 1. The van der Waals surface area contributed by atoms with Crippen LogP contribution in [-0.4, -0.2) is 42.8 Å². The van der Waals surface area contributed by atoms with E-state index in [9.17, 15) is 14.9 Å². The molecule has 1 aliphatic rings. The second-order valence-electron chi connectivity index (χ2n) is 10.2. The molecule has 0 bridgehead atoms. The number of nitrogens with zero attached hydrogens (tertiary/aromatic N) is 7. The summed E-state index contributed by atoms with van der Waals surface area (Å²) in [5.74, 6) is 1.02. The number of allylic oxidation sites excluding steroid dienone is 2. The van der Waals surface area contributed by atoms with Gasteiger partial charge in [-0.1, -0.05) is 29.8 Å². The minimum absolute atomic E-state index is 0.0287. The van der Waals surface area contributed by atoms with Crippen LogP contribution in [0.5, 0.6) is 0 Å². The molecule has 10 nitrogen and oxygen atoms in total. The van der Waals surface area contributed by atoms with Crippen molar-refractivity contribution in [1.29, 1.82) is 5.26 Å². The largest absolute Gasteiger partial charge is 0.355 e. The normalized spacial score (nSPS) is 15.7. The molecule has 4 aromatic rings. The second kappa shape index (κ2) is 9.91. The summed E-state index contributed by atoms with van der Waals surface area (Å²) in [5, 5.41) is 11.2. The molecular weight excluding hydrogens is 480 g/mol. The molecule has 0 amide bonds. The van der Waals surface area contributed by atoms with Gasteiger partial charge in [0.15, 0.2) is 0 Å². The monoisotopic (exact) mass is 512 g/mol. The molecule has 1 aliphatic heterocycles. The Morgan fingerprint density at radius 3 is 2.66 bits per heavy atom. The lowest BCUT2D eigenvalue weighted by Gasteiger charge is -2.33. The highest BCUT2D eigenvalue weighted by molar-refractivity contribution is 5.90. The van der Waals surface area contributed by atoms with Gasteiger partial charge in [-0.25, -0.2) is 14.8 Å². The smallest absolute Gasteiger partial charge is 0.331 e. The lowest BCUT2D eigenvalue weighted by atomic mass is 10.1. The van der Waals surface area contributed by atoms with Crippen LogP contribution < -0.4 is 21.9 Å². The summed E-state index contributed by atoms with van der Waals surface area (Å²) >= 11 is 0. The molecule has 1 aromatic carbocycles. The first-order chi connectivity index (χ1) is 18.2. The number of fused-ring (bicyclic) bond motifs is 2. The minimum Gasteiger partial charge on any atom is -0.355 e. The number of nitrogens with two attached hydrogens (primary N) is 1. The van der Waals surface area contributed by atoms with Crippen molar-refractivity contribution in [1.82, 2.24) is 23.7 Å². The molecule has 0 aliphatic carbocycles. The number of aryl methyl sites for hydroxylation is 2. The van der Waals surface area contributed by atoms with E-state index in [1.807, 2.05) is 55.7 Å². The average molecular weight is 513 g/mol. The molecule has 2 N–H and O–H groups in total. The molecule has 1 fully saturated rings. The Morgan fingerprint density at radius 2 is 1.95 bits per heavy atom. The van der Waals surface area contributed by atoms with Crippen LogP contribution >= 0.6 is 0 Å². The van der Waals surface area contributed by atoms with Gasteiger partial charge in [0, 0.05) is 43.8 Å². The lowest BCUT2D eigenvalue weighted by Crippen LogP contribution is -2.44. The summed E-state index contributed by atoms with van der Waals surface area (Å²) in [6.45, 7) is 7.47. The fourth-order valence-corrected chi connectivity index (χ4v) is 5.36. The highest BCUT2D eigenvalue weighted by atomic mass is 16.2. The molecule has 0 spiro atoms. The van der Waals surface area contributed by atoms with Crippen molar-refractivity contribution >= 4 is 27.8 Å². The van der Waals surface area contributed by atoms with Gasteiger partial charge in [-0.3, -0.25) is 13.9 Å². The Hall–Kier alpha value is -4.23. The van der Waals surface area contributed by atoms with Crippen LogP contribution in [0, 0.1) is 18.3 Å². The molecule has 5 rings (SSSR count). The molecule has 4 heterocycles. The van der Waals surface area contributed by atoms with Crippen molar-refractivity contribution in [2.75, 3.05) is 18.0 Å². The Balaban J connectivity index is 1.77. The first kappa shape index (κ1) is 25.4. The fraction of sp³-hybridized carbons (Fsp3) is 0.393. The summed E-state index contributed by atoms with van der Waals surface area (Å²) in [6, 6.07) is 9.91. The SMILES string of the molecule is CC(C)=CCn1c(N2CCC[C@H](N)C2)c(C#N)c2c1c(=O)n(Cc1nc(C)c3ccccc3n1)c(=O)n2C. The number of hydrogen-bond donors (Lipinski definition) is 1. The van der Waals surface area contributed by atoms with Crippen molar-refractivity contribution in [2.45, 2.75) is 52.7 Å². The Kier molecular flexibility index (Phi) is 6.63. The van der Waals surface area contributed by atoms with Crippen molar-refractivity contribution in [3.63, 3.8) is 0 Å². The van der Waals surface area contributed by atoms with Crippen LogP contribution in [0.15, 0.2) is 45.5 Å². The van der Waals surface area contributed by atoms with Gasteiger partial charge in [0.2, 0.25) is 0 Å². The third-order valence-electron chi connectivity index (χ3n) is 7.20. The third-order valence-corrected chi connectivity index (χ3v) is 7.20. The maximum atomic E-state index is 14.0. The maximum Gasteiger partial charge on any atom is 0.331 e. The van der Waals surface area contributed by atoms with Gasteiger partial charge < -0.3 is 15.2 Å². The van der Waals surface area contributed by atoms with Crippen molar-refractivity contribution in [3.8, 4) is 6.07 Å². The van der Waals surface area contributed by atoms with Crippen LogP contribution in [0.3, 0.4) is 0 Å². The average Bonchev–Trinajstić information content (AvgIpc) is 3.23. The predicted octanol–water partition coefficient (Wildman–Crippen LogP) is 2.57. The van der Waals surface area contributed by atoms with Gasteiger partial charge in [-0.2, -0.15) is 5.26 Å². The number of para-hydroxylation sites is 1. The number of aromatic nitrogens is 5. The van der Waals surface area contributed by atoms with Crippen molar-refractivity contribution in [3.05, 3.63) is 73.8 Å². The van der Waals surface area contributed by atoms with Crippen LogP contribution in [0.2, 0.25) is 0 Å². The number of nitriles is 1. The van der Waals surface area contributed by atoms with E-state index in [2.05, 4.69) is 20.9 Å². The number of hydrogen-bond acceptors (Lipinski definition) is 7. The molecule has 196 valence electrons. The van der Waals surface area contributed by atoms with Crippen molar-refractivity contribution < 1.29 is 0 Å². The molecule has 1 saturated heterocycles. The molecular formula is C28H32N8O2. The summed E-state index contributed by atoms with van der Waals surface area (Å²) in [6.07, 6.45) is 3.81. The number of rotatable bonds is 5. The van der Waals surface area contributed by atoms with Gasteiger partial charge in [0.25, 0.3) is 5.56 Å². The summed E-state index contributed by atoms with van der Waals surface area (Å²) in [4.78, 5) is 38.9. The lowest BCUT2D eigenvalue weighted by molar-refractivity contribution is 0.498. The van der Waals surface area contributed by atoms with Gasteiger partial charge in [-0.15, -0.1) is 0 Å². The zero-order chi connectivity index (χ0) is 27.1. The molecule has 0 unspecified atom stereocenters.